The molecule has 0 saturated carbocycles. The van der Waals surface area contributed by atoms with Gasteiger partial charge in [-0.25, -0.2) is 13.9 Å². The highest BCUT2D eigenvalue weighted by atomic mass is 19.1. The summed E-state index contributed by atoms with van der Waals surface area (Å²) in [6.45, 7) is 1.41. The zero-order valence-corrected chi connectivity index (χ0v) is 12.6. The smallest absolute Gasteiger partial charge is 0.359 e. The summed E-state index contributed by atoms with van der Waals surface area (Å²) in [7, 11) is 0. The summed E-state index contributed by atoms with van der Waals surface area (Å²) in [5.74, 6) is -1.73. The number of esters is 1. The van der Waals surface area contributed by atoms with E-state index in [1.54, 1.807) is 16.8 Å². The first kappa shape index (κ1) is 15.2. The number of fused-ring (bicyclic) bond motifs is 1. The first-order valence-electron chi connectivity index (χ1n) is 7.34. The van der Waals surface area contributed by atoms with Gasteiger partial charge >= 0.3 is 5.97 Å². The Balaban J connectivity index is 1.97. The molecule has 1 aromatic carbocycles. The van der Waals surface area contributed by atoms with E-state index < -0.39 is 18.0 Å². The molecule has 1 heterocycles. The van der Waals surface area contributed by atoms with Crippen molar-refractivity contribution in [1.29, 1.82) is 0 Å². The van der Waals surface area contributed by atoms with E-state index in [2.05, 4.69) is 5.10 Å². The molecule has 3 rings (SSSR count). The molecule has 0 radical (unpaired) electrons. The van der Waals surface area contributed by atoms with Crippen molar-refractivity contribution < 1.29 is 18.7 Å². The summed E-state index contributed by atoms with van der Waals surface area (Å²) >= 11 is 0. The Morgan fingerprint density at radius 3 is 2.65 bits per heavy atom. The Morgan fingerprint density at radius 2 is 2.00 bits per heavy atom. The van der Waals surface area contributed by atoms with Crippen molar-refractivity contribution in [2.75, 3.05) is 0 Å². The van der Waals surface area contributed by atoms with Crippen LogP contribution in [0.3, 0.4) is 0 Å². The van der Waals surface area contributed by atoms with Gasteiger partial charge in [0.2, 0.25) is 0 Å². The summed E-state index contributed by atoms with van der Waals surface area (Å²) in [5, 5.41) is 4.31. The van der Waals surface area contributed by atoms with Gasteiger partial charge in [-0.3, -0.25) is 4.79 Å². The zero-order chi connectivity index (χ0) is 16.6. The molecule has 1 aliphatic rings. The van der Waals surface area contributed by atoms with E-state index >= 15 is 0 Å². The summed E-state index contributed by atoms with van der Waals surface area (Å²) in [6.07, 6.45) is 1.38. The number of ether oxygens (including phenoxy) is 1. The number of nitrogens with two attached hydrogens (primary N) is 1. The molecule has 0 saturated heterocycles. The highest BCUT2D eigenvalue weighted by Gasteiger charge is 2.29. The maximum Gasteiger partial charge on any atom is 0.359 e. The fourth-order valence-corrected chi connectivity index (χ4v) is 2.67. The molecule has 2 aromatic rings. The topological polar surface area (TPSA) is 87.2 Å². The summed E-state index contributed by atoms with van der Waals surface area (Å²) < 4.78 is 19.8. The van der Waals surface area contributed by atoms with Crippen LogP contribution in [0.5, 0.6) is 0 Å². The molecule has 6 nitrogen and oxygen atoms in total. The lowest BCUT2D eigenvalue weighted by molar-refractivity contribution is -0.125. The SMILES string of the molecule is C[C@@H](OC(=O)c1nn(-c2ccc(F)cc2)c2c1CCC2)C(N)=O. The van der Waals surface area contributed by atoms with Crippen molar-refractivity contribution in [2.45, 2.75) is 32.3 Å². The molecule has 0 aliphatic heterocycles. The van der Waals surface area contributed by atoms with Gasteiger partial charge in [-0.1, -0.05) is 0 Å². The van der Waals surface area contributed by atoms with Crippen molar-refractivity contribution in [3.8, 4) is 5.69 Å². The average molecular weight is 317 g/mol. The van der Waals surface area contributed by atoms with Crippen molar-refractivity contribution in [2.24, 2.45) is 5.73 Å². The van der Waals surface area contributed by atoms with Crippen LogP contribution in [0.4, 0.5) is 4.39 Å². The molecule has 1 aliphatic carbocycles. The van der Waals surface area contributed by atoms with E-state index in [4.69, 9.17) is 10.5 Å². The third-order valence-electron chi connectivity index (χ3n) is 3.88. The van der Waals surface area contributed by atoms with Gasteiger partial charge < -0.3 is 10.5 Å². The number of halogens is 1. The lowest BCUT2D eigenvalue weighted by atomic mass is 10.2. The lowest BCUT2D eigenvalue weighted by Crippen LogP contribution is -2.30. The van der Waals surface area contributed by atoms with Gasteiger partial charge in [0.15, 0.2) is 11.8 Å². The summed E-state index contributed by atoms with van der Waals surface area (Å²) in [5.41, 5.74) is 7.70. The molecule has 1 atom stereocenters. The van der Waals surface area contributed by atoms with E-state index in [0.717, 1.165) is 24.1 Å². The maximum absolute atomic E-state index is 13.1. The van der Waals surface area contributed by atoms with Gasteiger partial charge in [0.25, 0.3) is 5.91 Å². The Bertz CT molecular complexity index is 768. The second kappa shape index (κ2) is 5.83. The summed E-state index contributed by atoms with van der Waals surface area (Å²) in [6, 6.07) is 5.88. The maximum atomic E-state index is 13.1. The third-order valence-corrected chi connectivity index (χ3v) is 3.88. The second-order valence-corrected chi connectivity index (χ2v) is 5.47. The predicted octanol–water partition coefficient (Wildman–Crippen LogP) is 1.53. The van der Waals surface area contributed by atoms with Crippen LogP contribution in [0.1, 0.15) is 35.1 Å². The quantitative estimate of drug-likeness (QED) is 0.866. The Kier molecular flexibility index (Phi) is 3.85. The van der Waals surface area contributed by atoms with Gasteiger partial charge in [-0.05, 0) is 50.5 Å². The van der Waals surface area contributed by atoms with Crippen LogP contribution in [-0.4, -0.2) is 27.8 Å². The molecular weight excluding hydrogens is 301 g/mol. The number of amides is 1. The number of hydrogen-bond acceptors (Lipinski definition) is 4. The molecule has 2 N–H and O–H groups in total. The molecular formula is C16H16FN3O3. The molecule has 0 unspecified atom stereocenters. The fourth-order valence-electron chi connectivity index (χ4n) is 2.67. The lowest BCUT2D eigenvalue weighted by Gasteiger charge is -2.08. The van der Waals surface area contributed by atoms with Crippen LogP contribution >= 0.6 is 0 Å². The monoisotopic (exact) mass is 317 g/mol. The number of aromatic nitrogens is 2. The van der Waals surface area contributed by atoms with Gasteiger partial charge in [-0.15, -0.1) is 0 Å². The number of hydrogen-bond donors (Lipinski definition) is 1. The molecule has 23 heavy (non-hydrogen) atoms. The van der Waals surface area contributed by atoms with Crippen LogP contribution in [0.25, 0.3) is 5.69 Å². The number of rotatable bonds is 4. The number of carbonyl (C=O) groups excluding carboxylic acids is 2. The Labute approximate surface area is 132 Å². The van der Waals surface area contributed by atoms with Crippen molar-refractivity contribution in [3.63, 3.8) is 0 Å². The first-order valence-corrected chi connectivity index (χ1v) is 7.34. The van der Waals surface area contributed by atoms with Gasteiger partial charge in [0.1, 0.15) is 5.82 Å². The number of carbonyl (C=O) groups is 2. The third kappa shape index (κ3) is 2.81. The molecule has 0 bridgehead atoms. The highest BCUT2D eigenvalue weighted by Crippen LogP contribution is 2.28. The van der Waals surface area contributed by atoms with Gasteiger partial charge in [-0.2, -0.15) is 5.10 Å². The van der Waals surface area contributed by atoms with Crippen LogP contribution in [0, 0.1) is 5.82 Å². The molecule has 0 spiro atoms. The van der Waals surface area contributed by atoms with Gasteiger partial charge in [0, 0.05) is 11.3 Å². The first-order chi connectivity index (χ1) is 11.0. The van der Waals surface area contributed by atoms with E-state index in [1.165, 1.54) is 19.1 Å². The number of benzene rings is 1. The van der Waals surface area contributed by atoms with Crippen LogP contribution in [0.15, 0.2) is 24.3 Å². The summed E-state index contributed by atoms with van der Waals surface area (Å²) in [4.78, 5) is 23.3. The predicted molar refractivity (Wildman–Crippen MR) is 79.6 cm³/mol. The van der Waals surface area contributed by atoms with E-state index in [9.17, 15) is 14.0 Å². The van der Waals surface area contributed by atoms with Crippen LogP contribution in [-0.2, 0) is 22.4 Å². The molecule has 1 aromatic heterocycles. The van der Waals surface area contributed by atoms with Gasteiger partial charge in [0.05, 0.1) is 5.69 Å². The minimum atomic E-state index is -1.02. The van der Waals surface area contributed by atoms with Crippen LogP contribution < -0.4 is 5.73 Å². The normalized spacial score (nSPS) is 14.3. The van der Waals surface area contributed by atoms with Crippen LogP contribution in [0.2, 0.25) is 0 Å². The van der Waals surface area contributed by atoms with Crippen molar-refractivity contribution in [1.82, 2.24) is 9.78 Å². The average Bonchev–Trinajstić information content (AvgIpc) is 3.10. The molecule has 0 fully saturated rings. The minimum Gasteiger partial charge on any atom is -0.448 e. The number of primary amides is 1. The van der Waals surface area contributed by atoms with Crippen molar-refractivity contribution in [3.05, 3.63) is 47.0 Å². The Hall–Kier alpha value is -2.70. The highest BCUT2D eigenvalue weighted by molar-refractivity contribution is 5.92. The standard InChI is InChI=1S/C16H16FN3O3/c1-9(15(18)21)23-16(22)14-12-3-2-4-13(12)20(19-14)11-7-5-10(17)6-8-11/h5-9H,2-4H2,1H3,(H2,18,21)/t9-/m1/s1. The van der Waals surface area contributed by atoms with E-state index in [0.29, 0.717) is 12.1 Å². The zero-order valence-electron chi connectivity index (χ0n) is 12.6. The van der Waals surface area contributed by atoms with E-state index in [-0.39, 0.29) is 11.5 Å². The van der Waals surface area contributed by atoms with Crippen molar-refractivity contribution >= 4 is 11.9 Å². The fraction of sp³-hybridized carbons (Fsp3) is 0.312. The molecule has 120 valence electrons. The molecule has 7 heteroatoms. The molecule has 1 amide bonds. The Morgan fingerprint density at radius 1 is 1.30 bits per heavy atom. The second-order valence-electron chi connectivity index (χ2n) is 5.47. The number of nitrogens with zero attached hydrogens (tertiary/aromatic N) is 2. The van der Waals surface area contributed by atoms with E-state index in [1.807, 2.05) is 0 Å². The largest absolute Gasteiger partial charge is 0.448 e. The minimum absolute atomic E-state index is 0.190.